The number of esters is 1. The zero-order valence-corrected chi connectivity index (χ0v) is 10.4. The summed E-state index contributed by atoms with van der Waals surface area (Å²) in [4.78, 5) is 19.5. The predicted octanol–water partition coefficient (Wildman–Crippen LogP) is 0.379. The molecule has 0 unspecified atom stereocenters. The molecule has 0 atom stereocenters. The molecule has 0 bridgehead atoms. The van der Waals surface area contributed by atoms with E-state index in [0.29, 0.717) is 0 Å². The predicted molar refractivity (Wildman–Crippen MR) is 66.5 cm³/mol. The standard InChI is InChI=1S/C12H8N6O2/c1-20-12(19)8-2-7(15)5-16-11(8)18-6-17-9(3-13)10(18)4-14/h2,5-6H,15H2,1H3. The van der Waals surface area contributed by atoms with Crippen molar-refractivity contribution in [1.29, 1.82) is 10.5 Å². The van der Waals surface area contributed by atoms with Crippen molar-refractivity contribution in [3.05, 3.63) is 35.5 Å². The van der Waals surface area contributed by atoms with E-state index in [9.17, 15) is 4.79 Å². The van der Waals surface area contributed by atoms with Crippen LogP contribution in [0.25, 0.3) is 5.82 Å². The first-order valence-electron chi connectivity index (χ1n) is 5.34. The van der Waals surface area contributed by atoms with Crippen LogP contribution in [0.2, 0.25) is 0 Å². The second kappa shape index (κ2) is 5.08. The summed E-state index contributed by atoms with van der Waals surface area (Å²) < 4.78 is 5.88. The SMILES string of the molecule is COC(=O)c1cc(N)cnc1-n1cnc(C#N)c1C#N. The highest BCUT2D eigenvalue weighted by Crippen LogP contribution is 2.19. The molecule has 8 heteroatoms. The molecule has 8 nitrogen and oxygen atoms in total. The lowest BCUT2D eigenvalue weighted by Crippen LogP contribution is -2.11. The number of anilines is 1. The Morgan fingerprint density at radius 1 is 1.40 bits per heavy atom. The fraction of sp³-hybridized carbons (Fsp3) is 0.0833. The highest BCUT2D eigenvalue weighted by Gasteiger charge is 2.19. The second-order valence-corrected chi connectivity index (χ2v) is 3.67. The summed E-state index contributed by atoms with van der Waals surface area (Å²) in [5, 5.41) is 18.0. The van der Waals surface area contributed by atoms with Gasteiger partial charge in [0.1, 0.15) is 24.0 Å². The van der Waals surface area contributed by atoms with E-state index in [2.05, 4.69) is 14.7 Å². The highest BCUT2D eigenvalue weighted by molar-refractivity contribution is 5.93. The molecule has 0 saturated carbocycles. The molecule has 2 rings (SSSR count). The van der Waals surface area contributed by atoms with E-state index in [1.54, 1.807) is 6.07 Å². The first kappa shape index (κ1) is 13.1. The van der Waals surface area contributed by atoms with Crippen molar-refractivity contribution in [2.45, 2.75) is 0 Å². The lowest BCUT2D eigenvalue weighted by atomic mass is 10.2. The molecule has 2 N–H and O–H groups in total. The number of nitrogens with zero attached hydrogens (tertiary/aromatic N) is 5. The fourth-order valence-electron chi connectivity index (χ4n) is 1.62. The molecule has 2 aromatic heterocycles. The minimum atomic E-state index is -0.657. The van der Waals surface area contributed by atoms with Crippen molar-refractivity contribution in [1.82, 2.24) is 14.5 Å². The minimum absolute atomic E-state index is 0.0186. The van der Waals surface area contributed by atoms with Gasteiger partial charge in [-0.1, -0.05) is 0 Å². The van der Waals surface area contributed by atoms with Crippen molar-refractivity contribution in [2.24, 2.45) is 0 Å². The Bertz CT molecular complexity index is 765. The number of nitriles is 2. The van der Waals surface area contributed by atoms with E-state index < -0.39 is 5.97 Å². The number of pyridine rings is 1. The van der Waals surface area contributed by atoms with Crippen LogP contribution in [0, 0.1) is 22.7 Å². The molecule has 2 heterocycles. The van der Waals surface area contributed by atoms with Crippen LogP contribution in [0.5, 0.6) is 0 Å². The monoisotopic (exact) mass is 268 g/mol. The molecule has 0 aliphatic rings. The maximum atomic E-state index is 11.7. The largest absolute Gasteiger partial charge is 0.465 e. The summed E-state index contributed by atoms with van der Waals surface area (Å²) >= 11 is 0. The lowest BCUT2D eigenvalue weighted by molar-refractivity contribution is 0.0600. The van der Waals surface area contributed by atoms with Crippen molar-refractivity contribution in [3.63, 3.8) is 0 Å². The van der Waals surface area contributed by atoms with Crippen molar-refractivity contribution < 1.29 is 9.53 Å². The van der Waals surface area contributed by atoms with Gasteiger partial charge in [-0.25, -0.2) is 14.8 Å². The number of carbonyl (C=O) groups excluding carboxylic acids is 1. The summed E-state index contributed by atoms with van der Waals surface area (Å²) in [7, 11) is 1.22. The Hall–Kier alpha value is -3.39. The molecule has 0 fully saturated rings. The number of hydrogen-bond donors (Lipinski definition) is 1. The normalized spacial score (nSPS) is 9.55. The molecular weight excluding hydrogens is 260 g/mol. The van der Waals surface area contributed by atoms with Gasteiger partial charge in [-0.05, 0) is 6.07 Å². The number of ether oxygens (including phenoxy) is 1. The number of imidazole rings is 1. The first-order valence-corrected chi connectivity index (χ1v) is 5.34. The molecular formula is C12H8N6O2. The van der Waals surface area contributed by atoms with E-state index in [1.165, 1.54) is 30.3 Å². The Labute approximate surface area is 113 Å². The summed E-state index contributed by atoms with van der Waals surface area (Å²) in [5.41, 5.74) is 5.86. The summed E-state index contributed by atoms with van der Waals surface area (Å²) in [6.45, 7) is 0. The van der Waals surface area contributed by atoms with Crippen molar-refractivity contribution in [2.75, 3.05) is 12.8 Å². The van der Waals surface area contributed by atoms with E-state index in [4.69, 9.17) is 16.3 Å². The first-order chi connectivity index (χ1) is 9.62. The molecule has 0 saturated heterocycles. The Morgan fingerprint density at radius 2 is 2.15 bits per heavy atom. The van der Waals surface area contributed by atoms with Gasteiger partial charge in [0.15, 0.2) is 17.2 Å². The molecule has 0 aliphatic carbocycles. The van der Waals surface area contributed by atoms with Crippen LogP contribution in [0.15, 0.2) is 18.6 Å². The third-order valence-corrected chi connectivity index (χ3v) is 2.50. The summed E-state index contributed by atoms with van der Waals surface area (Å²) in [6.07, 6.45) is 2.57. The van der Waals surface area contributed by atoms with Crippen LogP contribution in [-0.4, -0.2) is 27.6 Å². The smallest absolute Gasteiger partial charge is 0.341 e. The van der Waals surface area contributed by atoms with Crippen LogP contribution >= 0.6 is 0 Å². The molecule has 0 spiro atoms. The molecule has 2 aromatic rings. The van der Waals surface area contributed by atoms with Crippen molar-refractivity contribution >= 4 is 11.7 Å². The maximum Gasteiger partial charge on any atom is 0.341 e. The second-order valence-electron chi connectivity index (χ2n) is 3.67. The summed E-state index contributed by atoms with van der Waals surface area (Å²) in [5.74, 6) is -0.535. The molecule has 20 heavy (non-hydrogen) atoms. The number of hydrogen-bond acceptors (Lipinski definition) is 7. The number of carbonyl (C=O) groups is 1. The molecule has 0 aromatic carbocycles. The Kier molecular flexibility index (Phi) is 3.32. The summed E-state index contributed by atoms with van der Waals surface area (Å²) in [6, 6.07) is 5.01. The zero-order chi connectivity index (χ0) is 14.7. The van der Waals surface area contributed by atoms with Gasteiger partial charge in [-0.2, -0.15) is 10.5 Å². The van der Waals surface area contributed by atoms with Gasteiger partial charge >= 0.3 is 5.97 Å². The Morgan fingerprint density at radius 3 is 2.75 bits per heavy atom. The quantitative estimate of drug-likeness (QED) is 0.778. The maximum absolute atomic E-state index is 11.7. The number of nitrogen functional groups attached to an aromatic ring is 1. The van der Waals surface area contributed by atoms with Crippen LogP contribution in [0.1, 0.15) is 21.7 Å². The lowest BCUT2D eigenvalue weighted by Gasteiger charge is -2.09. The topological polar surface area (TPSA) is 131 Å². The van der Waals surface area contributed by atoms with E-state index in [1.807, 2.05) is 6.07 Å². The Balaban J connectivity index is 2.71. The van der Waals surface area contributed by atoms with Crippen LogP contribution < -0.4 is 5.73 Å². The molecule has 0 radical (unpaired) electrons. The zero-order valence-electron chi connectivity index (χ0n) is 10.4. The van der Waals surface area contributed by atoms with Crippen LogP contribution in [0.3, 0.4) is 0 Å². The van der Waals surface area contributed by atoms with E-state index in [0.717, 1.165) is 0 Å². The van der Waals surface area contributed by atoms with Crippen LogP contribution in [0.4, 0.5) is 5.69 Å². The average molecular weight is 268 g/mol. The van der Waals surface area contributed by atoms with Gasteiger partial charge in [-0.3, -0.25) is 4.57 Å². The average Bonchev–Trinajstić information content (AvgIpc) is 2.88. The van der Waals surface area contributed by atoms with Crippen LogP contribution in [-0.2, 0) is 4.74 Å². The molecule has 0 amide bonds. The number of nitrogens with two attached hydrogens (primary N) is 1. The van der Waals surface area contributed by atoms with Crippen molar-refractivity contribution in [3.8, 4) is 18.0 Å². The molecule has 98 valence electrons. The van der Waals surface area contributed by atoms with E-state index >= 15 is 0 Å². The number of rotatable bonds is 2. The van der Waals surface area contributed by atoms with E-state index in [-0.39, 0.29) is 28.5 Å². The third-order valence-electron chi connectivity index (χ3n) is 2.50. The third kappa shape index (κ3) is 2.02. The fourth-order valence-corrected chi connectivity index (χ4v) is 1.62. The number of aromatic nitrogens is 3. The number of methoxy groups -OCH3 is 1. The van der Waals surface area contributed by atoms with Gasteiger partial charge in [0.05, 0.1) is 19.0 Å². The van der Waals surface area contributed by atoms with Gasteiger partial charge < -0.3 is 10.5 Å². The van der Waals surface area contributed by atoms with Gasteiger partial charge in [0, 0.05) is 0 Å². The highest BCUT2D eigenvalue weighted by atomic mass is 16.5. The van der Waals surface area contributed by atoms with Gasteiger partial charge in [0.2, 0.25) is 0 Å². The van der Waals surface area contributed by atoms with Gasteiger partial charge in [-0.15, -0.1) is 0 Å². The molecule has 0 aliphatic heterocycles. The minimum Gasteiger partial charge on any atom is -0.465 e. The van der Waals surface area contributed by atoms with Gasteiger partial charge in [0.25, 0.3) is 0 Å².